The van der Waals surface area contributed by atoms with Crippen LogP contribution in [0.5, 0.6) is 0 Å². The second-order valence-corrected chi connectivity index (χ2v) is 8.87. The minimum Gasteiger partial charge on any atom is -0.461 e. The van der Waals surface area contributed by atoms with Crippen molar-refractivity contribution in [3.8, 4) is 0 Å². The van der Waals surface area contributed by atoms with Crippen LogP contribution in [0.15, 0.2) is 24.3 Å². The third-order valence-electron chi connectivity index (χ3n) is 4.98. The van der Waals surface area contributed by atoms with E-state index in [2.05, 4.69) is 21.3 Å². The number of urea groups is 1. The Hall–Kier alpha value is -3.63. The van der Waals surface area contributed by atoms with Crippen molar-refractivity contribution < 1.29 is 28.7 Å². The van der Waals surface area contributed by atoms with Crippen molar-refractivity contribution in [1.29, 1.82) is 0 Å². The van der Waals surface area contributed by atoms with E-state index in [-0.39, 0.29) is 43.3 Å². The average molecular weight is 492 g/mol. The molecule has 1 rings (SSSR count). The van der Waals surface area contributed by atoms with Gasteiger partial charge in [-0.1, -0.05) is 39.8 Å². The van der Waals surface area contributed by atoms with E-state index in [1.807, 2.05) is 0 Å². The fraction of sp³-hybridized carbons (Fsp3) is 0.542. The van der Waals surface area contributed by atoms with E-state index < -0.39 is 29.9 Å². The minimum atomic E-state index is -0.918. The highest BCUT2D eigenvalue weighted by atomic mass is 16.5. The van der Waals surface area contributed by atoms with Crippen LogP contribution in [0.2, 0.25) is 0 Å². The van der Waals surface area contributed by atoms with E-state index >= 15 is 0 Å². The fourth-order valence-corrected chi connectivity index (χ4v) is 3.04. The van der Waals surface area contributed by atoms with Crippen LogP contribution < -0.4 is 27.0 Å². The first kappa shape index (κ1) is 29.4. The largest absolute Gasteiger partial charge is 0.461 e. The summed E-state index contributed by atoms with van der Waals surface area (Å²) in [6, 6.07) is 4.37. The van der Waals surface area contributed by atoms with E-state index in [0.717, 1.165) is 5.56 Å². The van der Waals surface area contributed by atoms with Gasteiger partial charge in [0.2, 0.25) is 17.7 Å². The predicted molar refractivity (Wildman–Crippen MR) is 131 cm³/mol. The maximum atomic E-state index is 13.0. The standard InChI is InChI=1S/C24H37N5O6/c1-14(2)20(27-16(5)30)22(32)29-19(7-6-12-26-24(25)34)21(31)28-18-10-8-17(9-11-18)13-35-23(33)15(3)4/h8-11,14-15,19-20H,6-7,12-13H2,1-5H3,(H,27,30)(H,28,31)(H,29,32)(H3,25,26,34)/t19-,20?/m0/s1. The summed E-state index contributed by atoms with van der Waals surface area (Å²) in [4.78, 5) is 59.8. The lowest BCUT2D eigenvalue weighted by atomic mass is 10.0. The van der Waals surface area contributed by atoms with Crippen LogP contribution in [-0.2, 0) is 30.5 Å². The normalized spacial score (nSPS) is 12.4. The number of rotatable bonds is 13. The average Bonchev–Trinajstić information content (AvgIpc) is 2.77. The molecule has 0 aromatic heterocycles. The number of ether oxygens (including phenoxy) is 1. The highest BCUT2D eigenvalue weighted by molar-refractivity contribution is 5.98. The maximum Gasteiger partial charge on any atom is 0.312 e. The Morgan fingerprint density at radius 2 is 1.57 bits per heavy atom. The van der Waals surface area contributed by atoms with Crippen molar-refractivity contribution in [2.45, 2.75) is 66.2 Å². The third kappa shape index (κ3) is 11.4. The van der Waals surface area contributed by atoms with Crippen LogP contribution in [0.1, 0.15) is 53.0 Å². The molecular weight excluding hydrogens is 454 g/mol. The van der Waals surface area contributed by atoms with Crippen LogP contribution in [0.4, 0.5) is 10.5 Å². The number of carbonyl (C=O) groups is 5. The molecular formula is C24H37N5O6. The van der Waals surface area contributed by atoms with Gasteiger partial charge in [-0.3, -0.25) is 19.2 Å². The zero-order chi connectivity index (χ0) is 26.5. The number of amides is 5. The van der Waals surface area contributed by atoms with Crippen LogP contribution in [0, 0.1) is 11.8 Å². The lowest BCUT2D eigenvalue weighted by Gasteiger charge is -2.25. The van der Waals surface area contributed by atoms with Gasteiger partial charge in [0.25, 0.3) is 0 Å². The Kier molecular flexibility index (Phi) is 12.3. The molecule has 0 spiro atoms. The van der Waals surface area contributed by atoms with Crippen molar-refractivity contribution in [2.75, 3.05) is 11.9 Å². The predicted octanol–water partition coefficient (Wildman–Crippen LogP) is 1.42. The van der Waals surface area contributed by atoms with Crippen molar-refractivity contribution in [3.63, 3.8) is 0 Å². The molecule has 0 saturated heterocycles. The molecule has 11 nitrogen and oxygen atoms in total. The monoisotopic (exact) mass is 491 g/mol. The highest BCUT2D eigenvalue weighted by Gasteiger charge is 2.28. The Bertz CT molecular complexity index is 885. The topological polar surface area (TPSA) is 169 Å². The minimum absolute atomic E-state index is 0.122. The Labute approximate surface area is 205 Å². The molecule has 0 bridgehead atoms. The molecule has 11 heteroatoms. The van der Waals surface area contributed by atoms with Gasteiger partial charge in [-0.05, 0) is 36.5 Å². The van der Waals surface area contributed by atoms with Gasteiger partial charge in [0.15, 0.2) is 0 Å². The molecule has 0 aliphatic rings. The zero-order valence-corrected chi connectivity index (χ0v) is 21.0. The Morgan fingerprint density at radius 3 is 2.09 bits per heavy atom. The number of benzene rings is 1. The number of anilines is 1. The molecule has 0 fully saturated rings. The van der Waals surface area contributed by atoms with Gasteiger partial charge in [-0.25, -0.2) is 4.79 Å². The first-order valence-electron chi connectivity index (χ1n) is 11.6. The van der Waals surface area contributed by atoms with Crippen LogP contribution in [0.3, 0.4) is 0 Å². The number of esters is 1. The van der Waals surface area contributed by atoms with E-state index in [1.54, 1.807) is 52.0 Å². The smallest absolute Gasteiger partial charge is 0.312 e. The molecule has 35 heavy (non-hydrogen) atoms. The van der Waals surface area contributed by atoms with E-state index in [4.69, 9.17) is 10.5 Å². The van der Waals surface area contributed by atoms with Gasteiger partial charge in [-0.15, -0.1) is 0 Å². The molecule has 0 saturated carbocycles. The number of primary amides is 1. The van der Waals surface area contributed by atoms with Gasteiger partial charge in [-0.2, -0.15) is 0 Å². The van der Waals surface area contributed by atoms with Crippen molar-refractivity contribution >= 4 is 35.4 Å². The lowest BCUT2D eigenvalue weighted by molar-refractivity contribution is -0.148. The highest BCUT2D eigenvalue weighted by Crippen LogP contribution is 2.13. The van der Waals surface area contributed by atoms with Gasteiger partial charge >= 0.3 is 12.0 Å². The van der Waals surface area contributed by atoms with E-state index in [0.29, 0.717) is 12.1 Å². The second-order valence-electron chi connectivity index (χ2n) is 8.87. The first-order chi connectivity index (χ1) is 16.4. The van der Waals surface area contributed by atoms with Crippen molar-refractivity contribution in [1.82, 2.24) is 16.0 Å². The molecule has 0 aliphatic carbocycles. The van der Waals surface area contributed by atoms with Crippen molar-refractivity contribution in [3.05, 3.63) is 29.8 Å². The van der Waals surface area contributed by atoms with Gasteiger partial charge in [0.1, 0.15) is 18.7 Å². The summed E-state index contributed by atoms with van der Waals surface area (Å²) in [6.45, 7) is 8.74. The van der Waals surface area contributed by atoms with Crippen LogP contribution >= 0.6 is 0 Å². The number of carbonyl (C=O) groups excluding carboxylic acids is 5. The number of hydrogen-bond donors (Lipinski definition) is 5. The van der Waals surface area contributed by atoms with Gasteiger partial charge in [0, 0.05) is 19.2 Å². The summed E-state index contributed by atoms with van der Waals surface area (Å²) in [7, 11) is 0. The fourth-order valence-electron chi connectivity index (χ4n) is 3.04. The first-order valence-corrected chi connectivity index (χ1v) is 11.6. The summed E-state index contributed by atoms with van der Waals surface area (Å²) in [6.07, 6.45) is 0.611. The van der Waals surface area contributed by atoms with Crippen molar-refractivity contribution in [2.24, 2.45) is 17.6 Å². The second kappa shape index (κ2) is 14.6. The molecule has 194 valence electrons. The number of hydrogen-bond acceptors (Lipinski definition) is 6. The summed E-state index contributed by atoms with van der Waals surface area (Å²) in [5, 5.41) is 10.5. The third-order valence-corrected chi connectivity index (χ3v) is 4.98. The summed E-state index contributed by atoms with van der Waals surface area (Å²) >= 11 is 0. The molecule has 2 atom stereocenters. The lowest BCUT2D eigenvalue weighted by Crippen LogP contribution is -2.54. The van der Waals surface area contributed by atoms with Crippen LogP contribution in [0.25, 0.3) is 0 Å². The molecule has 0 radical (unpaired) electrons. The van der Waals surface area contributed by atoms with Gasteiger partial charge < -0.3 is 31.7 Å². The number of nitrogens with two attached hydrogens (primary N) is 1. The summed E-state index contributed by atoms with van der Waals surface area (Å²) < 4.78 is 5.19. The van der Waals surface area contributed by atoms with Gasteiger partial charge in [0.05, 0.1) is 5.92 Å². The summed E-state index contributed by atoms with van der Waals surface area (Å²) in [5.41, 5.74) is 6.32. The molecule has 1 aromatic carbocycles. The molecule has 1 aromatic rings. The molecule has 0 heterocycles. The SMILES string of the molecule is CC(=O)NC(C(=O)N[C@@H](CCCNC(N)=O)C(=O)Nc1ccc(COC(=O)C(C)C)cc1)C(C)C. The molecule has 0 aliphatic heterocycles. The number of nitrogens with one attached hydrogen (secondary N) is 4. The maximum absolute atomic E-state index is 13.0. The van der Waals surface area contributed by atoms with E-state index in [1.165, 1.54) is 6.92 Å². The summed E-state index contributed by atoms with van der Waals surface area (Å²) in [5.74, 6) is -2.02. The molecule has 6 N–H and O–H groups in total. The quantitative estimate of drug-likeness (QED) is 0.206. The molecule has 5 amide bonds. The van der Waals surface area contributed by atoms with Crippen LogP contribution in [-0.4, -0.2) is 48.4 Å². The molecule has 1 unspecified atom stereocenters. The van der Waals surface area contributed by atoms with E-state index in [9.17, 15) is 24.0 Å². The Balaban J connectivity index is 2.86. The zero-order valence-electron chi connectivity index (χ0n) is 21.0. The Morgan fingerprint density at radius 1 is 0.943 bits per heavy atom.